The number of benzene rings is 4. The number of nitrogens with two attached hydrogens (primary N) is 1. The monoisotopic (exact) mass is 734 g/mol. The number of carbonyl (C=O) groups excluding carboxylic acids is 2. The molecule has 0 aromatic heterocycles. The van der Waals surface area contributed by atoms with Crippen LogP contribution in [0, 0.1) is 0 Å². The van der Waals surface area contributed by atoms with Gasteiger partial charge in [0.05, 0.1) is 43.4 Å². The molecule has 0 bridgehead atoms. The lowest BCUT2D eigenvalue weighted by Crippen LogP contribution is -2.48. The van der Waals surface area contributed by atoms with E-state index in [1.165, 1.54) is 0 Å². The van der Waals surface area contributed by atoms with E-state index >= 15 is 0 Å². The third kappa shape index (κ3) is 9.72. The van der Waals surface area contributed by atoms with E-state index in [0.717, 1.165) is 72.3 Å². The van der Waals surface area contributed by atoms with Gasteiger partial charge in [-0.2, -0.15) is 0 Å². The van der Waals surface area contributed by atoms with Crippen LogP contribution >= 0.6 is 0 Å². The topological polar surface area (TPSA) is 145 Å². The first-order chi connectivity index (χ1) is 26.3. The van der Waals surface area contributed by atoms with Crippen molar-refractivity contribution in [1.82, 2.24) is 10.2 Å². The van der Waals surface area contributed by atoms with Crippen molar-refractivity contribution in [2.24, 2.45) is 0 Å². The van der Waals surface area contributed by atoms with E-state index in [1.807, 2.05) is 48.5 Å². The van der Waals surface area contributed by atoms with Crippen molar-refractivity contribution in [3.63, 3.8) is 0 Å². The van der Waals surface area contributed by atoms with Crippen LogP contribution in [0.1, 0.15) is 73.2 Å². The van der Waals surface area contributed by atoms with Gasteiger partial charge >= 0.3 is 0 Å². The minimum Gasteiger partial charge on any atom is -0.397 e. The van der Waals surface area contributed by atoms with Crippen LogP contribution < -0.4 is 16.4 Å². The van der Waals surface area contributed by atoms with Crippen molar-refractivity contribution in [2.45, 2.75) is 76.0 Å². The Labute approximate surface area is 316 Å². The maximum atomic E-state index is 12.6. The number of piperidine rings is 1. The van der Waals surface area contributed by atoms with Crippen molar-refractivity contribution >= 4 is 23.2 Å². The molecule has 284 valence electrons. The Kier molecular flexibility index (Phi) is 12.3. The van der Waals surface area contributed by atoms with Gasteiger partial charge in [0, 0.05) is 63.8 Å². The van der Waals surface area contributed by atoms with E-state index in [1.54, 1.807) is 12.1 Å². The van der Waals surface area contributed by atoms with Gasteiger partial charge in [-0.3, -0.25) is 9.59 Å². The van der Waals surface area contributed by atoms with Crippen molar-refractivity contribution in [1.29, 1.82) is 0 Å². The molecule has 0 aliphatic carbocycles. The number of aliphatic hydroxyl groups excluding tert-OH is 1. The Balaban J connectivity index is 0.941. The molecular weight excluding hydrogens is 684 g/mol. The SMILES string of the molecule is Nc1ccccc1NC(=O)CCCC(=O)NCc1cccc(-c2ccc(C3OC(CN4CCC5(CC4)OCCO5)CC(c4ccc(CO)cc4)O3)cc2)c1. The van der Waals surface area contributed by atoms with E-state index in [2.05, 4.69) is 51.9 Å². The fourth-order valence-electron chi connectivity index (χ4n) is 7.40. The summed E-state index contributed by atoms with van der Waals surface area (Å²) in [5, 5.41) is 15.4. The molecule has 1 spiro atoms. The second-order valence-corrected chi connectivity index (χ2v) is 14.3. The predicted molar refractivity (Wildman–Crippen MR) is 206 cm³/mol. The number of likely N-dealkylation sites (tertiary alicyclic amines) is 1. The number of anilines is 2. The smallest absolute Gasteiger partial charge is 0.224 e. The number of hydrogen-bond acceptors (Lipinski definition) is 9. The minimum atomic E-state index is -0.540. The van der Waals surface area contributed by atoms with Crippen LogP contribution in [0.4, 0.5) is 11.4 Å². The molecule has 0 saturated carbocycles. The average Bonchev–Trinajstić information content (AvgIpc) is 3.67. The normalized spacial score (nSPS) is 21.2. The predicted octanol–water partition coefficient (Wildman–Crippen LogP) is 6.24. The highest BCUT2D eigenvalue weighted by molar-refractivity contribution is 5.94. The zero-order chi connectivity index (χ0) is 37.3. The lowest BCUT2D eigenvalue weighted by Gasteiger charge is -2.41. The van der Waals surface area contributed by atoms with Crippen molar-refractivity contribution in [3.05, 3.63) is 119 Å². The van der Waals surface area contributed by atoms with E-state index in [9.17, 15) is 14.7 Å². The highest BCUT2D eigenvalue weighted by Gasteiger charge is 2.41. The third-order valence-corrected chi connectivity index (χ3v) is 10.5. The summed E-state index contributed by atoms with van der Waals surface area (Å²) in [6.07, 6.45) is 2.62. The molecule has 7 rings (SSSR count). The standard InChI is InChI=1S/C43H50N4O7/c44-37-7-1-2-8-38(37)46-41(50)10-4-9-40(49)45-27-31-5-3-6-35(25-31)32-15-17-34(18-16-32)42-53-36(26-39(54-42)33-13-11-30(29-48)12-14-33)28-47-21-19-43(20-22-47)51-23-24-52-43/h1-3,5-8,11-18,25,36,39,42,48H,4,9-10,19-24,26-29,44H2,(H,45,49)(H,46,50). The molecule has 3 fully saturated rings. The fraction of sp³-hybridized carbons (Fsp3) is 0.395. The Hall–Kier alpha value is -4.62. The van der Waals surface area contributed by atoms with Gasteiger partial charge in [-0.15, -0.1) is 0 Å². The van der Waals surface area contributed by atoms with Crippen LogP contribution in [0.5, 0.6) is 0 Å². The van der Waals surface area contributed by atoms with E-state index in [-0.39, 0.29) is 43.5 Å². The fourth-order valence-corrected chi connectivity index (χ4v) is 7.40. The van der Waals surface area contributed by atoms with Crippen LogP contribution in [0.15, 0.2) is 97.1 Å². The number of nitrogens with zero attached hydrogens (tertiary/aromatic N) is 1. The molecule has 3 saturated heterocycles. The number of para-hydroxylation sites is 2. The second kappa shape index (κ2) is 17.7. The quantitative estimate of drug-likeness (QED) is 0.117. The molecule has 11 nitrogen and oxygen atoms in total. The Morgan fingerprint density at radius 3 is 2.26 bits per heavy atom. The highest BCUT2D eigenvalue weighted by Crippen LogP contribution is 2.39. The first-order valence-corrected chi connectivity index (χ1v) is 19.0. The van der Waals surface area contributed by atoms with Crippen LogP contribution in [-0.4, -0.2) is 66.6 Å². The summed E-state index contributed by atoms with van der Waals surface area (Å²) in [6.45, 7) is 4.30. The molecule has 4 aromatic rings. The number of aliphatic hydroxyl groups is 1. The molecule has 2 amide bonds. The molecule has 54 heavy (non-hydrogen) atoms. The summed E-state index contributed by atoms with van der Waals surface area (Å²) < 4.78 is 25.1. The summed E-state index contributed by atoms with van der Waals surface area (Å²) in [5.41, 5.74) is 12.9. The summed E-state index contributed by atoms with van der Waals surface area (Å²) in [5.74, 6) is -0.691. The summed E-state index contributed by atoms with van der Waals surface area (Å²) in [4.78, 5) is 27.3. The molecule has 3 aliphatic heterocycles. The van der Waals surface area contributed by atoms with Crippen molar-refractivity contribution in [2.75, 3.05) is 43.9 Å². The van der Waals surface area contributed by atoms with Gasteiger partial charge in [-0.25, -0.2) is 0 Å². The number of rotatable bonds is 13. The first kappa shape index (κ1) is 37.7. The van der Waals surface area contributed by atoms with Crippen molar-refractivity contribution in [3.8, 4) is 11.1 Å². The number of hydrogen-bond donors (Lipinski definition) is 4. The van der Waals surface area contributed by atoms with Gasteiger partial charge in [-0.1, -0.05) is 78.9 Å². The van der Waals surface area contributed by atoms with Crippen LogP contribution in [0.2, 0.25) is 0 Å². The third-order valence-electron chi connectivity index (χ3n) is 10.5. The minimum absolute atomic E-state index is 0.00191. The first-order valence-electron chi connectivity index (χ1n) is 19.0. The summed E-state index contributed by atoms with van der Waals surface area (Å²) in [6, 6.07) is 31.5. The van der Waals surface area contributed by atoms with E-state index in [4.69, 9.17) is 24.7 Å². The van der Waals surface area contributed by atoms with Gasteiger partial charge in [0.25, 0.3) is 0 Å². The van der Waals surface area contributed by atoms with Gasteiger partial charge in [0.15, 0.2) is 12.1 Å². The molecule has 3 unspecified atom stereocenters. The van der Waals surface area contributed by atoms with E-state index < -0.39 is 12.1 Å². The van der Waals surface area contributed by atoms with Gasteiger partial charge in [0.2, 0.25) is 11.8 Å². The zero-order valence-electron chi connectivity index (χ0n) is 30.6. The summed E-state index contributed by atoms with van der Waals surface area (Å²) >= 11 is 0. The number of ether oxygens (including phenoxy) is 4. The Morgan fingerprint density at radius 2 is 1.52 bits per heavy atom. The van der Waals surface area contributed by atoms with Crippen LogP contribution in [0.3, 0.4) is 0 Å². The van der Waals surface area contributed by atoms with Crippen LogP contribution in [-0.2, 0) is 41.7 Å². The Morgan fingerprint density at radius 1 is 0.796 bits per heavy atom. The number of nitrogen functional groups attached to an aromatic ring is 1. The van der Waals surface area contributed by atoms with Gasteiger partial charge in [-0.05, 0) is 52.4 Å². The lowest BCUT2D eigenvalue weighted by atomic mass is 9.98. The molecule has 3 heterocycles. The number of amides is 2. The van der Waals surface area contributed by atoms with Gasteiger partial charge in [0.1, 0.15) is 0 Å². The maximum absolute atomic E-state index is 12.6. The molecule has 3 atom stereocenters. The molecular formula is C43H50N4O7. The molecule has 0 radical (unpaired) electrons. The van der Waals surface area contributed by atoms with Crippen molar-refractivity contribution < 1.29 is 33.6 Å². The molecule has 3 aliphatic rings. The van der Waals surface area contributed by atoms with Gasteiger partial charge < -0.3 is 45.3 Å². The Bertz CT molecular complexity index is 1850. The lowest BCUT2D eigenvalue weighted by molar-refractivity contribution is -0.255. The largest absolute Gasteiger partial charge is 0.397 e. The van der Waals surface area contributed by atoms with Crippen LogP contribution in [0.25, 0.3) is 11.1 Å². The van der Waals surface area contributed by atoms with E-state index in [0.29, 0.717) is 37.6 Å². The summed E-state index contributed by atoms with van der Waals surface area (Å²) in [7, 11) is 0. The number of nitrogens with one attached hydrogen (secondary N) is 2. The molecule has 4 aromatic carbocycles. The highest BCUT2D eigenvalue weighted by atomic mass is 16.7. The molecule has 5 N–H and O–H groups in total. The number of carbonyl (C=O) groups is 2. The second-order valence-electron chi connectivity index (χ2n) is 14.3. The molecule has 11 heteroatoms. The zero-order valence-corrected chi connectivity index (χ0v) is 30.6. The average molecular weight is 735 g/mol. The maximum Gasteiger partial charge on any atom is 0.224 e.